The first-order chi connectivity index (χ1) is 16.8. The summed E-state index contributed by atoms with van der Waals surface area (Å²) in [5.41, 5.74) is 1.47. The van der Waals surface area contributed by atoms with Crippen LogP contribution in [0.4, 0.5) is 0 Å². The molecule has 184 valence electrons. The van der Waals surface area contributed by atoms with Crippen molar-refractivity contribution >= 4 is 35.1 Å². The molecule has 2 heterocycles. The van der Waals surface area contributed by atoms with Crippen LogP contribution in [0.3, 0.4) is 0 Å². The van der Waals surface area contributed by atoms with Gasteiger partial charge in [-0.25, -0.2) is 0 Å². The van der Waals surface area contributed by atoms with Crippen molar-refractivity contribution in [1.82, 2.24) is 15.1 Å². The van der Waals surface area contributed by atoms with E-state index in [-0.39, 0.29) is 5.89 Å². The fourth-order valence-electron chi connectivity index (χ4n) is 4.44. The van der Waals surface area contributed by atoms with Crippen LogP contribution in [0.2, 0.25) is 10.0 Å². The van der Waals surface area contributed by atoms with Crippen LogP contribution < -0.4 is 0 Å². The van der Waals surface area contributed by atoms with E-state index in [0.29, 0.717) is 27.9 Å². The monoisotopic (exact) mass is 517 g/mol. The molecule has 0 spiro atoms. The predicted molar refractivity (Wildman–Crippen MR) is 129 cm³/mol. The van der Waals surface area contributed by atoms with Crippen LogP contribution in [0.25, 0.3) is 0 Å². The zero-order valence-electron chi connectivity index (χ0n) is 19.2. The van der Waals surface area contributed by atoms with Crippen molar-refractivity contribution in [3.8, 4) is 0 Å². The summed E-state index contributed by atoms with van der Waals surface area (Å²) in [6.45, 7) is 3.67. The van der Waals surface area contributed by atoms with Gasteiger partial charge in [0, 0.05) is 17.0 Å². The van der Waals surface area contributed by atoms with Gasteiger partial charge >= 0.3 is 5.97 Å². The van der Waals surface area contributed by atoms with Crippen molar-refractivity contribution in [3.63, 3.8) is 0 Å². The van der Waals surface area contributed by atoms with Gasteiger partial charge in [0.1, 0.15) is 18.2 Å². The van der Waals surface area contributed by atoms with Crippen molar-refractivity contribution in [3.05, 3.63) is 81.5 Å². The third kappa shape index (κ3) is 5.50. The van der Waals surface area contributed by atoms with Crippen LogP contribution in [0.15, 0.2) is 52.9 Å². The van der Waals surface area contributed by atoms with Gasteiger partial charge in [0.05, 0.1) is 12.5 Å². The molecule has 0 saturated carbocycles. The van der Waals surface area contributed by atoms with Crippen LogP contribution in [0.1, 0.15) is 67.3 Å². The number of amides is 1. The van der Waals surface area contributed by atoms with Gasteiger partial charge in [-0.05, 0) is 41.8 Å². The fraction of sp³-hybridized carbons (Fsp3) is 0.360. The quantitative estimate of drug-likeness (QED) is 0.407. The maximum absolute atomic E-state index is 13.8. The lowest BCUT2D eigenvalue weighted by Crippen LogP contribution is -2.52. The van der Waals surface area contributed by atoms with E-state index in [1.54, 1.807) is 42.2 Å². The van der Waals surface area contributed by atoms with Crippen molar-refractivity contribution in [2.24, 2.45) is 0 Å². The highest BCUT2D eigenvalue weighted by Crippen LogP contribution is 2.47. The van der Waals surface area contributed by atoms with E-state index in [1.165, 1.54) is 0 Å². The van der Waals surface area contributed by atoms with Gasteiger partial charge in [-0.1, -0.05) is 60.8 Å². The van der Waals surface area contributed by atoms with Crippen LogP contribution in [0.5, 0.6) is 0 Å². The first kappa shape index (κ1) is 25.2. The lowest BCUT2D eigenvalue weighted by atomic mass is 9.89. The largest absolute Gasteiger partial charge is 0.481 e. The highest BCUT2D eigenvalue weighted by Gasteiger charge is 2.48. The Hall–Kier alpha value is -2.94. The fourth-order valence-corrected chi connectivity index (χ4v) is 4.77. The lowest BCUT2D eigenvalue weighted by Gasteiger charge is -2.47. The average Bonchev–Trinajstić information content (AvgIpc) is 3.25. The van der Waals surface area contributed by atoms with Crippen molar-refractivity contribution in [2.75, 3.05) is 0 Å². The summed E-state index contributed by atoms with van der Waals surface area (Å²) in [7, 11) is 0. The van der Waals surface area contributed by atoms with E-state index >= 15 is 0 Å². The summed E-state index contributed by atoms with van der Waals surface area (Å²) >= 11 is 12.4. The van der Waals surface area contributed by atoms with E-state index < -0.39 is 42.6 Å². The van der Waals surface area contributed by atoms with E-state index in [2.05, 4.69) is 10.2 Å². The Morgan fingerprint density at radius 2 is 1.86 bits per heavy atom. The number of ether oxygens (including phenoxy) is 1. The molecule has 0 aliphatic carbocycles. The molecule has 3 aromatic rings. The summed E-state index contributed by atoms with van der Waals surface area (Å²) < 4.78 is 12.0. The minimum Gasteiger partial charge on any atom is -0.481 e. The van der Waals surface area contributed by atoms with Gasteiger partial charge in [0.2, 0.25) is 11.8 Å². The molecular formula is C25H25Cl2N3O5. The summed E-state index contributed by atoms with van der Waals surface area (Å²) in [5.74, 6) is -0.936. The second-order valence-electron chi connectivity index (χ2n) is 8.40. The third-order valence-electron chi connectivity index (χ3n) is 5.90. The summed E-state index contributed by atoms with van der Waals surface area (Å²) in [6.07, 6.45) is -1.15. The van der Waals surface area contributed by atoms with Crippen LogP contribution in [-0.2, 0) is 14.3 Å². The number of hydrogen-bond acceptors (Lipinski definition) is 6. The number of carbonyl (C=O) groups is 2. The molecule has 4 rings (SSSR count). The number of nitrogens with zero attached hydrogens (tertiary/aromatic N) is 3. The number of rotatable bonds is 8. The highest BCUT2D eigenvalue weighted by atomic mass is 35.5. The second-order valence-corrected chi connectivity index (χ2v) is 9.28. The second kappa shape index (κ2) is 10.8. The molecule has 0 unspecified atom stereocenters. The zero-order chi connectivity index (χ0) is 25.1. The lowest BCUT2D eigenvalue weighted by molar-refractivity contribution is -0.185. The van der Waals surface area contributed by atoms with Crippen LogP contribution in [0, 0.1) is 6.92 Å². The highest BCUT2D eigenvalue weighted by molar-refractivity contribution is 6.30. The molecular weight excluding hydrogens is 493 g/mol. The molecule has 1 fully saturated rings. The van der Waals surface area contributed by atoms with Gasteiger partial charge in [-0.3, -0.25) is 9.59 Å². The topological polar surface area (TPSA) is 106 Å². The SMILES string of the molecule is CCC[C@H](c1nnc(C)o1)N1C(=O)[C@H](CC(=O)O)O[C@@H](c2cccc(Cl)c2)[C@H]1c1ccc(Cl)cc1. The van der Waals surface area contributed by atoms with E-state index in [9.17, 15) is 14.7 Å². The third-order valence-corrected chi connectivity index (χ3v) is 6.39. The van der Waals surface area contributed by atoms with Crippen molar-refractivity contribution in [2.45, 2.75) is 57.4 Å². The maximum atomic E-state index is 13.8. The minimum absolute atomic E-state index is 0.289. The molecule has 0 bridgehead atoms. The molecule has 1 N–H and O–H groups in total. The van der Waals surface area contributed by atoms with Gasteiger partial charge in [0.15, 0.2) is 0 Å². The number of morpholine rings is 1. The van der Waals surface area contributed by atoms with Gasteiger partial charge in [0.25, 0.3) is 5.91 Å². The summed E-state index contributed by atoms with van der Waals surface area (Å²) in [4.78, 5) is 27.1. The number of halogens is 2. The first-order valence-corrected chi connectivity index (χ1v) is 12.0. The van der Waals surface area contributed by atoms with Gasteiger partial charge < -0.3 is 19.2 Å². The van der Waals surface area contributed by atoms with E-state index in [4.69, 9.17) is 32.4 Å². The Kier molecular flexibility index (Phi) is 7.74. The average molecular weight is 518 g/mol. The Bertz CT molecular complexity index is 1200. The molecule has 1 amide bonds. The molecule has 1 aromatic heterocycles. The van der Waals surface area contributed by atoms with Crippen LogP contribution in [-0.4, -0.2) is 38.2 Å². The number of aliphatic carboxylic acids is 1. The van der Waals surface area contributed by atoms with Gasteiger partial charge in [-0.2, -0.15) is 0 Å². The van der Waals surface area contributed by atoms with E-state index in [0.717, 1.165) is 12.0 Å². The molecule has 1 aliphatic rings. The Morgan fingerprint density at radius 1 is 1.11 bits per heavy atom. The van der Waals surface area contributed by atoms with Crippen molar-refractivity contribution < 1.29 is 23.8 Å². The number of benzene rings is 2. The number of carbonyl (C=O) groups excluding carboxylic acids is 1. The molecule has 10 heteroatoms. The summed E-state index contributed by atoms with van der Waals surface area (Å²) in [6, 6.07) is 13.0. The molecule has 35 heavy (non-hydrogen) atoms. The molecule has 2 aromatic carbocycles. The Morgan fingerprint density at radius 3 is 2.46 bits per heavy atom. The Balaban J connectivity index is 1.91. The smallest absolute Gasteiger partial charge is 0.306 e. The molecule has 1 aliphatic heterocycles. The first-order valence-electron chi connectivity index (χ1n) is 11.3. The molecule has 4 atom stereocenters. The maximum Gasteiger partial charge on any atom is 0.306 e. The predicted octanol–water partition coefficient (Wildman–Crippen LogP) is 5.71. The number of aryl methyl sites for hydroxylation is 1. The number of carboxylic acid groups (broad SMARTS) is 1. The molecule has 8 nitrogen and oxygen atoms in total. The minimum atomic E-state index is -1.21. The zero-order valence-corrected chi connectivity index (χ0v) is 20.7. The number of hydrogen-bond donors (Lipinski definition) is 1. The van der Waals surface area contributed by atoms with Crippen LogP contribution >= 0.6 is 23.2 Å². The number of carboxylic acids is 1. The van der Waals surface area contributed by atoms with E-state index in [1.807, 2.05) is 25.1 Å². The Labute approximate surface area is 212 Å². The van der Waals surface area contributed by atoms with Gasteiger partial charge in [-0.15, -0.1) is 10.2 Å². The standard InChI is InChI=1S/C25H25Cl2N3O5/c1-3-5-19(24-29-28-14(2)34-24)30-22(15-8-10-17(26)11-9-15)23(16-6-4-7-18(27)12-16)35-20(25(30)33)13-21(31)32/h4,6-12,19-20,22-23H,3,5,13H2,1-2H3,(H,31,32)/t19-,20+,22-,23+/m1/s1. The van der Waals surface area contributed by atoms with Crippen molar-refractivity contribution in [1.29, 1.82) is 0 Å². The number of aromatic nitrogens is 2. The normalized spacial score (nSPS) is 21.2. The molecule has 1 saturated heterocycles. The summed E-state index contributed by atoms with van der Waals surface area (Å²) in [5, 5.41) is 18.7. The molecule has 0 radical (unpaired) electrons.